The van der Waals surface area contributed by atoms with Gasteiger partial charge in [-0.15, -0.1) is 11.3 Å². The molecule has 18 heavy (non-hydrogen) atoms. The number of nitrogens with zero attached hydrogens (tertiary/aromatic N) is 1. The van der Waals surface area contributed by atoms with E-state index in [4.69, 9.17) is 5.73 Å². The maximum Gasteiger partial charge on any atom is 0.253 e. The number of carbonyl (C=O) groups excluding carboxylic acids is 1. The van der Waals surface area contributed by atoms with Crippen molar-refractivity contribution in [3.05, 3.63) is 44.3 Å². The summed E-state index contributed by atoms with van der Waals surface area (Å²) < 4.78 is 0.825. The number of rotatable bonds is 3. The van der Waals surface area contributed by atoms with E-state index in [1.807, 2.05) is 12.3 Å². The monoisotopic (exact) mass is 325 g/mol. The first-order valence-corrected chi connectivity index (χ1v) is 6.98. The minimum atomic E-state index is -0.195. The zero-order valence-corrected chi connectivity index (χ0v) is 12.1. The Hall–Kier alpha value is -1.40. The number of thiazole rings is 1. The van der Waals surface area contributed by atoms with Gasteiger partial charge in [-0.3, -0.25) is 4.79 Å². The van der Waals surface area contributed by atoms with Gasteiger partial charge in [0.15, 0.2) is 0 Å². The third-order valence-corrected chi connectivity index (χ3v) is 3.67. The van der Waals surface area contributed by atoms with Crippen molar-refractivity contribution in [2.24, 2.45) is 0 Å². The molecule has 0 saturated carbocycles. The molecule has 0 fully saturated rings. The zero-order chi connectivity index (χ0) is 13.1. The lowest BCUT2D eigenvalue weighted by Crippen LogP contribution is -2.24. The summed E-state index contributed by atoms with van der Waals surface area (Å²) in [6, 6.07) is 5.21. The van der Waals surface area contributed by atoms with Gasteiger partial charge in [-0.2, -0.15) is 0 Å². The highest BCUT2D eigenvalue weighted by molar-refractivity contribution is 9.10. The van der Waals surface area contributed by atoms with E-state index in [9.17, 15) is 4.79 Å². The van der Waals surface area contributed by atoms with Gasteiger partial charge in [0.1, 0.15) is 0 Å². The fourth-order valence-electron chi connectivity index (χ4n) is 1.48. The van der Waals surface area contributed by atoms with Crippen LogP contribution in [0.15, 0.2) is 28.1 Å². The van der Waals surface area contributed by atoms with Gasteiger partial charge >= 0.3 is 0 Å². The Morgan fingerprint density at radius 3 is 3.00 bits per heavy atom. The van der Waals surface area contributed by atoms with E-state index >= 15 is 0 Å². The molecule has 1 aromatic carbocycles. The predicted molar refractivity (Wildman–Crippen MR) is 76.6 cm³/mol. The number of halogens is 1. The van der Waals surface area contributed by atoms with Gasteiger partial charge in [0, 0.05) is 15.5 Å². The summed E-state index contributed by atoms with van der Waals surface area (Å²) in [6.07, 6.45) is 0. The highest BCUT2D eigenvalue weighted by Gasteiger charge is 2.10. The first-order valence-electron chi connectivity index (χ1n) is 5.30. The molecule has 6 heteroatoms. The quantitative estimate of drug-likeness (QED) is 0.852. The van der Waals surface area contributed by atoms with E-state index in [0.717, 1.165) is 15.2 Å². The molecule has 0 aliphatic rings. The van der Waals surface area contributed by atoms with Gasteiger partial charge in [-0.05, 0) is 25.1 Å². The second-order valence-corrected chi connectivity index (χ2v) is 5.75. The van der Waals surface area contributed by atoms with Crippen LogP contribution in [-0.2, 0) is 6.54 Å². The molecule has 1 amide bonds. The number of amides is 1. The Morgan fingerprint density at radius 2 is 2.33 bits per heavy atom. The van der Waals surface area contributed by atoms with Crippen molar-refractivity contribution < 1.29 is 4.79 Å². The molecule has 3 N–H and O–H groups in total. The van der Waals surface area contributed by atoms with Gasteiger partial charge in [-0.1, -0.05) is 15.9 Å². The fourth-order valence-corrected chi connectivity index (χ4v) is 2.45. The topological polar surface area (TPSA) is 68.0 Å². The van der Waals surface area contributed by atoms with E-state index < -0.39 is 0 Å². The molecule has 4 nitrogen and oxygen atoms in total. The summed E-state index contributed by atoms with van der Waals surface area (Å²) in [5.74, 6) is -0.195. The smallest absolute Gasteiger partial charge is 0.253 e. The number of aromatic nitrogens is 1. The summed E-state index contributed by atoms with van der Waals surface area (Å²) in [4.78, 5) is 16.2. The standard InChI is InChI=1S/C12H12BrN3OS/c1-7-16-9(6-18-7)5-15-12(17)10-4-8(13)2-3-11(10)14/h2-4,6H,5,14H2,1H3,(H,15,17). The molecule has 2 aromatic rings. The number of nitrogens with two attached hydrogens (primary N) is 1. The Kier molecular flexibility index (Phi) is 3.98. The molecule has 0 radical (unpaired) electrons. The molecule has 0 atom stereocenters. The number of nitrogen functional groups attached to an aromatic ring is 1. The van der Waals surface area contributed by atoms with Crippen molar-refractivity contribution >= 4 is 38.9 Å². The minimum absolute atomic E-state index is 0.195. The maximum absolute atomic E-state index is 12.0. The van der Waals surface area contributed by atoms with Crippen molar-refractivity contribution in [1.29, 1.82) is 0 Å². The Balaban J connectivity index is 2.05. The SMILES string of the molecule is Cc1nc(CNC(=O)c2cc(Br)ccc2N)cs1. The number of hydrogen-bond acceptors (Lipinski definition) is 4. The van der Waals surface area contributed by atoms with Gasteiger partial charge in [0.05, 0.1) is 22.8 Å². The van der Waals surface area contributed by atoms with E-state index in [0.29, 0.717) is 17.8 Å². The number of carbonyl (C=O) groups is 1. The number of anilines is 1. The maximum atomic E-state index is 12.0. The van der Waals surface area contributed by atoms with Crippen LogP contribution in [0.4, 0.5) is 5.69 Å². The number of nitrogens with one attached hydrogen (secondary N) is 1. The van der Waals surface area contributed by atoms with Crippen LogP contribution in [0.25, 0.3) is 0 Å². The van der Waals surface area contributed by atoms with Crippen molar-refractivity contribution in [3.63, 3.8) is 0 Å². The van der Waals surface area contributed by atoms with Crippen LogP contribution in [0.3, 0.4) is 0 Å². The van der Waals surface area contributed by atoms with Crippen LogP contribution in [0.1, 0.15) is 21.1 Å². The molecule has 0 aliphatic heterocycles. The third kappa shape index (κ3) is 3.08. The fraction of sp³-hybridized carbons (Fsp3) is 0.167. The van der Waals surface area contributed by atoms with Crippen molar-refractivity contribution in [1.82, 2.24) is 10.3 Å². The molecule has 0 unspecified atom stereocenters. The lowest BCUT2D eigenvalue weighted by Gasteiger charge is -2.06. The van der Waals surface area contributed by atoms with E-state index in [1.54, 1.807) is 29.5 Å². The number of hydrogen-bond donors (Lipinski definition) is 2. The second kappa shape index (κ2) is 5.49. The van der Waals surface area contributed by atoms with Crippen LogP contribution < -0.4 is 11.1 Å². The molecule has 94 valence electrons. The van der Waals surface area contributed by atoms with Gasteiger partial charge in [-0.25, -0.2) is 4.98 Å². The van der Waals surface area contributed by atoms with Crippen molar-refractivity contribution in [2.75, 3.05) is 5.73 Å². The summed E-state index contributed by atoms with van der Waals surface area (Å²) in [7, 11) is 0. The Bertz CT molecular complexity index is 582. The molecular weight excluding hydrogens is 314 g/mol. The summed E-state index contributed by atoms with van der Waals surface area (Å²) in [6.45, 7) is 2.34. The van der Waals surface area contributed by atoms with Crippen LogP contribution in [0.2, 0.25) is 0 Å². The van der Waals surface area contributed by atoms with Crippen LogP contribution in [-0.4, -0.2) is 10.9 Å². The Morgan fingerprint density at radius 1 is 1.56 bits per heavy atom. The molecule has 1 heterocycles. The zero-order valence-electron chi connectivity index (χ0n) is 9.74. The number of aryl methyl sites for hydroxylation is 1. The van der Waals surface area contributed by atoms with E-state index in [2.05, 4.69) is 26.2 Å². The van der Waals surface area contributed by atoms with Gasteiger partial charge < -0.3 is 11.1 Å². The van der Waals surface area contributed by atoms with Crippen LogP contribution >= 0.6 is 27.3 Å². The van der Waals surface area contributed by atoms with E-state index in [1.165, 1.54) is 0 Å². The van der Waals surface area contributed by atoms with Crippen LogP contribution in [0.5, 0.6) is 0 Å². The summed E-state index contributed by atoms with van der Waals surface area (Å²) in [5, 5.41) is 5.72. The molecule has 0 spiro atoms. The minimum Gasteiger partial charge on any atom is -0.398 e. The summed E-state index contributed by atoms with van der Waals surface area (Å²) in [5.41, 5.74) is 7.56. The van der Waals surface area contributed by atoms with Gasteiger partial charge in [0.2, 0.25) is 0 Å². The molecule has 2 rings (SSSR count). The predicted octanol–water partition coefficient (Wildman–Crippen LogP) is 2.73. The largest absolute Gasteiger partial charge is 0.398 e. The first kappa shape index (κ1) is 13.0. The molecule has 0 bridgehead atoms. The highest BCUT2D eigenvalue weighted by atomic mass is 79.9. The molecular formula is C12H12BrN3OS. The van der Waals surface area contributed by atoms with Crippen molar-refractivity contribution in [3.8, 4) is 0 Å². The van der Waals surface area contributed by atoms with Crippen molar-refractivity contribution in [2.45, 2.75) is 13.5 Å². The lowest BCUT2D eigenvalue weighted by atomic mass is 10.1. The molecule has 0 saturated heterocycles. The lowest BCUT2D eigenvalue weighted by molar-refractivity contribution is 0.0951. The van der Waals surface area contributed by atoms with Crippen LogP contribution in [0, 0.1) is 6.92 Å². The highest BCUT2D eigenvalue weighted by Crippen LogP contribution is 2.18. The first-order chi connectivity index (χ1) is 8.56. The normalized spacial score (nSPS) is 10.3. The third-order valence-electron chi connectivity index (χ3n) is 2.36. The molecule has 0 aliphatic carbocycles. The van der Waals surface area contributed by atoms with E-state index in [-0.39, 0.29) is 5.91 Å². The van der Waals surface area contributed by atoms with Gasteiger partial charge in [0.25, 0.3) is 5.91 Å². The summed E-state index contributed by atoms with van der Waals surface area (Å²) >= 11 is 4.88. The second-order valence-electron chi connectivity index (χ2n) is 3.77. The average Bonchev–Trinajstić information content (AvgIpc) is 2.75. The number of benzene rings is 1. The Labute approximate surface area is 117 Å². The average molecular weight is 326 g/mol. The molecule has 1 aromatic heterocycles.